The first kappa shape index (κ1) is 14.1. The first-order chi connectivity index (χ1) is 9.56. The van der Waals surface area contributed by atoms with E-state index in [4.69, 9.17) is 0 Å². The van der Waals surface area contributed by atoms with Crippen LogP contribution in [0.3, 0.4) is 0 Å². The van der Waals surface area contributed by atoms with Gasteiger partial charge in [0.1, 0.15) is 0 Å². The molecular weight excluding hydrogens is 258 g/mol. The predicted molar refractivity (Wildman–Crippen MR) is 74.6 cm³/mol. The third-order valence-corrected chi connectivity index (χ3v) is 2.67. The molecule has 0 aliphatic rings. The second kappa shape index (κ2) is 6.25. The first-order valence-corrected chi connectivity index (χ1v) is 6.43. The Morgan fingerprint density at radius 1 is 1.45 bits per heavy atom. The molecule has 0 saturated carbocycles. The highest BCUT2D eigenvalue weighted by atomic mass is 16.6. The van der Waals surface area contributed by atoms with Crippen LogP contribution in [0.25, 0.3) is 5.69 Å². The fourth-order valence-electron chi connectivity index (χ4n) is 1.72. The van der Waals surface area contributed by atoms with Crippen LogP contribution in [-0.2, 0) is 6.54 Å². The van der Waals surface area contributed by atoms with Crippen LogP contribution in [0.4, 0.5) is 5.69 Å². The van der Waals surface area contributed by atoms with Gasteiger partial charge < -0.3 is 5.32 Å². The Hall–Kier alpha value is -2.28. The van der Waals surface area contributed by atoms with Crippen molar-refractivity contribution in [2.45, 2.75) is 20.4 Å². The molecule has 2 aromatic rings. The number of rotatable bonds is 6. The maximum atomic E-state index is 10.7. The average Bonchev–Trinajstić information content (AvgIpc) is 2.87. The molecule has 0 aliphatic carbocycles. The Bertz CT molecular complexity index is 594. The number of hydrogen-bond donors (Lipinski definition) is 1. The molecule has 0 bridgehead atoms. The maximum Gasteiger partial charge on any atom is 0.271 e. The van der Waals surface area contributed by atoms with Gasteiger partial charge in [0.2, 0.25) is 0 Å². The van der Waals surface area contributed by atoms with E-state index in [1.807, 2.05) is 0 Å². The maximum absolute atomic E-state index is 10.7. The SMILES string of the molecule is CC(C)CNCc1cnn(-c2cccc([N+](=O)[O-])c2)n1. The average molecular weight is 275 g/mol. The molecule has 0 fully saturated rings. The van der Waals surface area contributed by atoms with Gasteiger partial charge in [-0.15, -0.1) is 0 Å². The summed E-state index contributed by atoms with van der Waals surface area (Å²) in [7, 11) is 0. The summed E-state index contributed by atoms with van der Waals surface area (Å²) in [6, 6.07) is 6.25. The molecule has 1 aromatic carbocycles. The summed E-state index contributed by atoms with van der Waals surface area (Å²) in [5.41, 5.74) is 1.41. The van der Waals surface area contributed by atoms with Gasteiger partial charge in [0, 0.05) is 18.7 Å². The van der Waals surface area contributed by atoms with Crippen LogP contribution in [0.5, 0.6) is 0 Å². The topological polar surface area (TPSA) is 85.9 Å². The number of nitrogens with one attached hydrogen (secondary N) is 1. The molecule has 1 aromatic heterocycles. The minimum Gasteiger partial charge on any atom is -0.311 e. The van der Waals surface area contributed by atoms with Crippen molar-refractivity contribution in [1.29, 1.82) is 0 Å². The van der Waals surface area contributed by atoms with E-state index in [9.17, 15) is 10.1 Å². The van der Waals surface area contributed by atoms with Gasteiger partial charge in [0.05, 0.1) is 22.5 Å². The zero-order valence-electron chi connectivity index (χ0n) is 11.5. The third kappa shape index (κ3) is 3.61. The van der Waals surface area contributed by atoms with Gasteiger partial charge in [-0.05, 0) is 18.5 Å². The number of benzene rings is 1. The van der Waals surface area contributed by atoms with Crippen LogP contribution < -0.4 is 5.32 Å². The molecule has 7 nitrogen and oxygen atoms in total. The third-order valence-electron chi connectivity index (χ3n) is 2.67. The fraction of sp³-hybridized carbons (Fsp3) is 0.385. The van der Waals surface area contributed by atoms with E-state index in [0.29, 0.717) is 18.2 Å². The molecule has 0 spiro atoms. The lowest BCUT2D eigenvalue weighted by Gasteiger charge is -2.04. The number of nitro benzene ring substituents is 1. The van der Waals surface area contributed by atoms with Crippen molar-refractivity contribution in [3.8, 4) is 5.69 Å². The highest BCUT2D eigenvalue weighted by Crippen LogP contribution is 2.15. The number of non-ortho nitro benzene ring substituents is 1. The molecule has 0 atom stereocenters. The van der Waals surface area contributed by atoms with Crippen molar-refractivity contribution in [3.05, 3.63) is 46.3 Å². The monoisotopic (exact) mass is 275 g/mol. The van der Waals surface area contributed by atoms with Crippen molar-refractivity contribution in [1.82, 2.24) is 20.3 Å². The highest BCUT2D eigenvalue weighted by molar-refractivity contribution is 5.41. The van der Waals surface area contributed by atoms with E-state index in [1.54, 1.807) is 18.3 Å². The quantitative estimate of drug-likeness (QED) is 0.643. The first-order valence-electron chi connectivity index (χ1n) is 6.43. The number of nitrogens with zero attached hydrogens (tertiary/aromatic N) is 4. The van der Waals surface area contributed by atoms with E-state index in [-0.39, 0.29) is 5.69 Å². The molecule has 0 amide bonds. The lowest BCUT2D eigenvalue weighted by Crippen LogP contribution is -2.19. The molecule has 106 valence electrons. The van der Waals surface area contributed by atoms with Gasteiger partial charge in [-0.2, -0.15) is 15.0 Å². The lowest BCUT2D eigenvalue weighted by atomic mass is 10.2. The van der Waals surface area contributed by atoms with Gasteiger partial charge in [-0.25, -0.2) is 0 Å². The molecule has 0 radical (unpaired) electrons. The summed E-state index contributed by atoms with van der Waals surface area (Å²) in [5, 5.41) is 22.4. The molecule has 1 N–H and O–H groups in total. The van der Waals surface area contributed by atoms with E-state index >= 15 is 0 Å². The minimum absolute atomic E-state index is 0.0271. The van der Waals surface area contributed by atoms with Crippen molar-refractivity contribution < 1.29 is 4.92 Å². The van der Waals surface area contributed by atoms with Gasteiger partial charge in [-0.3, -0.25) is 10.1 Å². The number of aromatic nitrogens is 3. The summed E-state index contributed by atoms with van der Waals surface area (Å²) in [6.07, 6.45) is 1.66. The Kier molecular flexibility index (Phi) is 4.41. The number of nitro groups is 1. The largest absolute Gasteiger partial charge is 0.311 e. The van der Waals surface area contributed by atoms with Crippen molar-refractivity contribution >= 4 is 5.69 Å². The predicted octanol–water partition coefficient (Wildman–Crippen LogP) is 1.92. The molecule has 1 heterocycles. The van der Waals surface area contributed by atoms with Gasteiger partial charge >= 0.3 is 0 Å². The van der Waals surface area contributed by atoms with E-state index in [0.717, 1.165) is 12.2 Å². The Morgan fingerprint density at radius 3 is 2.95 bits per heavy atom. The standard InChI is InChI=1S/C13H17N5O2/c1-10(2)7-14-8-11-9-15-17(16-11)12-4-3-5-13(6-12)18(19)20/h3-6,9-10,14H,7-8H2,1-2H3. The Morgan fingerprint density at radius 2 is 2.25 bits per heavy atom. The van der Waals surface area contributed by atoms with Crippen LogP contribution in [-0.4, -0.2) is 26.5 Å². The van der Waals surface area contributed by atoms with Crippen molar-refractivity contribution in [3.63, 3.8) is 0 Å². The summed E-state index contributed by atoms with van der Waals surface area (Å²) in [6.45, 7) is 5.80. The van der Waals surface area contributed by atoms with Crippen LogP contribution in [0.2, 0.25) is 0 Å². The molecule has 0 unspecified atom stereocenters. The minimum atomic E-state index is -0.432. The molecule has 0 saturated heterocycles. The van der Waals surface area contributed by atoms with Crippen molar-refractivity contribution in [2.75, 3.05) is 6.54 Å². The van der Waals surface area contributed by atoms with Crippen LogP contribution in [0.15, 0.2) is 30.5 Å². The van der Waals surface area contributed by atoms with E-state index in [1.165, 1.54) is 16.9 Å². The van der Waals surface area contributed by atoms with Crippen LogP contribution in [0, 0.1) is 16.0 Å². The molecule has 2 rings (SSSR count). The lowest BCUT2D eigenvalue weighted by molar-refractivity contribution is -0.384. The molecule has 20 heavy (non-hydrogen) atoms. The molecule has 7 heteroatoms. The van der Waals surface area contributed by atoms with Crippen LogP contribution in [0.1, 0.15) is 19.5 Å². The normalized spacial score (nSPS) is 10.9. The summed E-state index contributed by atoms with van der Waals surface area (Å²) in [5.74, 6) is 0.571. The Labute approximate surface area is 116 Å². The highest BCUT2D eigenvalue weighted by Gasteiger charge is 2.09. The second-order valence-corrected chi connectivity index (χ2v) is 4.93. The zero-order chi connectivity index (χ0) is 14.5. The summed E-state index contributed by atoms with van der Waals surface area (Å²) < 4.78 is 0. The van der Waals surface area contributed by atoms with E-state index < -0.39 is 4.92 Å². The van der Waals surface area contributed by atoms with Gasteiger partial charge in [-0.1, -0.05) is 19.9 Å². The molecular formula is C13H17N5O2. The number of hydrogen-bond acceptors (Lipinski definition) is 5. The van der Waals surface area contributed by atoms with E-state index in [2.05, 4.69) is 29.4 Å². The van der Waals surface area contributed by atoms with Gasteiger partial charge in [0.15, 0.2) is 0 Å². The fourth-order valence-corrected chi connectivity index (χ4v) is 1.72. The Balaban J connectivity index is 2.08. The zero-order valence-corrected chi connectivity index (χ0v) is 11.5. The van der Waals surface area contributed by atoms with Crippen molar-refractivity contribution in [2.24, 2.45) is 5.92 Å². The smallest absolute Gasteiger partial charge is 0.271 e. The van der Waals surface area contributed by atoms with Gasteiger partial charge in [0.25, 0.3) is 5.69 Å². The van der Waals surface area contributed by atoms with Crippen LogP contribution >= 0.6 is 0 Å². The summed E-state index contributed by atoms with van der Waals surface area (Å²) in [4.78, 5) is 11.7. The molecule has 0 aliphatic heterocycles. The second-order valence-electron chi connectivity index (χ2n) is 4.93. The summed E-state index contributed by atoms with van der Waals surface area (Å²) >= 11 is 0.